The van der Waals surface area contributed by atoms with E-state index in [1.807, 2.05) is 37.3 Å². The quantitative estimate of drug-likeness (QED) is 0.801. The summed E-state index contributed by atoms with van der Waals surface area (Å²) in [5.41, 5.74) is 8.12. The average Bonchev–Trinajstić information content (AvgIpc) is 2.54. The summed E-state index contributed by atoms with van der Waals surface area (Å²) in [7, 11) is 3.90. The van der Waals surface area contributed by atoms with Crippen LogP contribution in [-0.2, 0) is 13.0 Å². The Bertz CT molecular complexity index is 556. The number of hydrogen-bond donors (Lipinski definition) is 1. The number of anilines is 1. The molecule has 0 fully saturated rings. The van der Waals surface area contributed by atoms with Gasteiger partial charge >= 0.3 is 0 Å². The van der Waals surface area contributed by atoms with Gasteiger partial charge in [-0.05, 0) is 18.1 Å². The lowest BCUT2D eigenvalue weighted by Gasteiger charge is -2.21. The topological polar surface area (TPSA) is 58.3 Å². The molecule has 0 radical (unpaired) electrons. The van der Waals surface area contributed by atoms with Crippen LogP contribution in [0.3, 0.4) is 0 Å². The van der Waals surface area contributed by atoms with Crippen LogP contribution in [-0.4, -0.2) is 48.6 Å². The Balaban J connectivity index is 1.97. The predicted molar refractivity (Wildman–Crippen MR) is 90.8 cm³/mol. The van der Waals surface area contributed by atoms with E-state index in [1.54, 1.807) is 0 Å². The van der Waals surface area contributed by atoms with Gasteiger partial charge in [0.15, 0.2) is 0 Å². The maximum Gasteiger partial charge on any atom is 0.225 e. The molecule has 0 aliphatic carbocycles. The van der Waals surface area contributed by atoms with Gasteiger partial charge in [-0.25, -0.2) is 9.97 Å². The molecule has 0 saturated carbocycles. The van der Waals surface area contributed by atoms with E-state index in [-0.39, 0.29) is 0 Å². The zero-order valence-corrected chi connectivity index (χ0v) is 13.4. The molecule has 2 aromatic rings. The molecule has 2 N–H and O–H groups in total. The molecule has 0 aliphatic heterocycles. The van der Waals surface area contributed by atoms with Crippen molar-refractivity contribution < 1.29 is 0 Å². The average molecular weight is 299 g/mol. The van der Waals surface area contributed by atoms with Gasteiger partial charge < -0.3 is 10.6 Å². The van der Waals surface area contributed by atoms with Crippen LogP contribution < -0.4 is 10.6 Å². The number of benzene rings is 1. The van der Waals surface area contributed by atoms with E-state index < -0.39 is 0 Å². The largest absolute Gasteiger partial charge is 0.347 e. The third kappa shape index (κ3) is 5.09. The lowest BCUT2D eigenvalue weighted by molar-refractivity contribution is 0.273. The summed E-state index contributed by atoms with van der Waals surface area (Å²) >= 11 is 0. The van der Waals surface area contributed by atoms with Gasteiger partial charge in [0, 0.05) is 46.5 Å². The van der Waals surface area contributed by atoms with Gasteiger partial charge in [-0.2, -0.15) is 0 Å². The second-order valence-electron chi connectivity index (χ2n) is 5.54. The van der Waals surface area contributed by atoms with E-state index >= 15 is 0 Å². The molecule has 0 aliphatic rings. The molecule has 0 bridgehead atoms. The number of rotatable bonds is 8. The summed E-state index contributed by atoms with van der Waals surface area (Å²) in [6, 6.07) is 12.5. The summed E-state index contributed by atoms with van der Waals surface area (Å²) in [5, 5.41) is 0. The Hall–Kier alpha value is -1.98. The summed E-state index contributed by atoms with van der Waals surface area (Å²) < 4.78 is 0. The normalized spacial score (nSPS) is 10.9. The highest BCUT2D eigenvalue weighted by molar-refractivity contribution is 5.27. The Kier molecular flexibility index (Phi) is 6.30. The molecule has 1 aromatic carbocycles. The van der Waals surface area contributed by atoms with Gasteiger partial charge in [0.05, 0.1) is 5.69 Å². The van der Waals surface area contributed by atoms with Gasteiger partial charge in [-0.15, -0.1) is 0 Å². The Morgan fingerprint density at radius 2 is 1.82 bits per heavy atom. The number of hydrogen-bond acceptors (Lipinski definition) is 5. The molecule has 5 nitrogen and oxygen atoms in total. The zero-order chi connectivity index (χ0) is 15.8. The minimum Gasteiger partial charge on any atom is -0.347 e. The van der Waals surface area contributed by atoms with Crippen LogP contribution >= 0.6 is 0 Å². The van der Waals surface area contributed by atoms with Crippen molar-refractivity contribution in [1.29, 1.82) is 0 Å². The fraction of sp³-hybridized carbons (Fsp3) is 0.412. The van der Waals surface area contributed by atoms with Crippen molar-refractivity contribution in [2.75, 3.05) is 38.6 Å². The Labute approximate surface area is 132 Å². The highest BCUT2D eigenvalue weighted by atomic mass is 15.2. The summed E-state index contributed by atoms with van der Waals surface area (Å²) in [5.74, 6) is 0.744. The lowest BCUT2D eigenvalue weighted by Crippen LogP contribution is -2.31. The van der Waals surface area contributed by atoms with Crippen LogP contribution in [0.4, 0.5) is 5.95 Å². The van der Waals surface area contributed by atoms with Crippen LogP contribution in [0.2, 0.25) is 0 Å². The van der Waals surface area contributed by atoms with Gasteiger partial charge in [0.2, 0.25) is 5.95 Å². The third-order valence-corrected chi connectivity index (χ3v) is 3.49. The smallest absolute Gasteiger partial charge is 0.225 e. The van der Waals surface area contributed by atoms with Gasteiger partial charge in [0.25, 0.3) is 0 Å². The van der Waals surface area contributed by atoms with Crippen LogP contribution in [0.25, 0.3) is 0 Å². The third-order valence-electron chi connectivity index (χ3n) is 3.49. The summed E-state index contributed by atoms with van der Waals surface area (Å²) in [6.07, 6.45) is 2.84. The number of nitrogens with zero attached hydrogens (tertiary/aromatic N) is 4. The van der Waals surface area contributed by atoms with E-state index in [0.29, 0.717) is 6.54 Å². The molecular formula is C17H25N5. The first-order chi connectivity index (χ1) is 10.7. The fourth-order valence-electron chi connectivity index (χ4n) is 2.30. The molecule has 118 valence electrons. The molecular weight excluding hydrogens is 274 g/mol. The minimum atomic E-state index is 0.653. The van der Waals surface area contributed by atoms with E-state index in [1.165, 1.54) is 5.56 Å². The predicted octanol–water partition coefficient (Wildman–Crippen LogP) is 1.55. The SMILES string of the molecule is CN(C)c1nccc(CN(CCN)CCc2ccccc2)n1. The first kappa shape index (κ1) is 16.4. The van der Waals surface area contributed by atoms with Crippen molar-refractivity contribution in [3.8, 4) is 0 Å². The van der Waals surface area contributed by atoms with Gasteiger partial charge in [0.1, 0.15) is 0 Å². The van der Waals surface area contributed by atoms with Crippen molar-refractivity contribution in [1.82, 2.24) is 14.9 Å². The van der Waals surface area contributed by atoms with Crippen LogP contribution in [0.15, 0.2) is 42.6 Å². The van der Waals surface area contributed by atoms with E-state index in [9.17, 15) is 0 Å². The van der Waals surface area contributed by atoms with Crippen molar-refractivity contribution >= 4 is 5.95 Å². The molecule has 0 unspecified atom stereocenters. The van der Waals surface area contributed by atoms with E-state index in [2.05, 4.69) is 39.1 Å². The Morgan fingerprint density at radius 1 is 1.05 bits per heavy atom. The van der Waals surface area contributed by atoms with Gasteiger partial charge in [-0.1, -0.05) is 30.3 Å². The standard InChI is InChI=1S/C17H25N5/c1-21(2)17-19-11-8-16(20-17)14-22(13-10-18)12-9-15-6-4-3-5-7-15/h3-8,11H,9-10,12-14,18H2,1-2H3. The maximum absolute atomic E-state index is 5.75. The number of nitrogens with two attached hydrogens (primary N) is 1. The monoisotopic (exact) mass is 299 g/mol. The first-order valence-corrected chi connectivity index (χ1v) is 7.64. The van der Waals surface area contributed by atoms with E-state index in [4.69, 9.17) is 5.73 Å². The molecule has 1 heterocycles. The summed E-state index contributed by atoms with van der Waals surface area (Å²) in [4.78, 5) is 13.1. The van der Waals surface area contributed by atoms with Crippen molar-refractivity contribution in [2.45, 2.75) is 13.0 Å². The molecule has 1 aromatic heterocycles. The highest BCUT2D eigenvalue weighted by Crippen LogP contribution is 2.08. The highest BCUT2D eigenvalue weighted by Gasteiger charge is 2.08. The van der Waals surface area contributed by atoms with Crippen LogP contribution in [0.5, 0.6) is 0 Å². The molecule has 0 spiro atoms. The summed E-state index contributed by atoms with van der Waals surface area (Å²) in [6.45, 7) is 3.30. The van der Waals surface area contributed by atoms with Crippen molar-refractivity contribution in [2.24, 2.45) is 5.73 Å². The van der Waals surface area contributed by atoms with Crippen molar-refractivity contribution in [3.05, 3.63) is 53.9 Å². The molecule has 0 atom stereocenters. The van der Waals surface area contributed by atoms with E-state index in [0.717, 1.165) is 37.7 Å². The molecule has 0 saturated heterocycles. The van der Waals surface area contributed by atoms with Crippen molar-refractivity contribution in [3.63, 3.8) is 0 Å². The zero-order valence-electron chi connectivity index (χ0n) is 13.4. The minimum absolute atomic E-state index is 0.653. The first-order valence-electron chi connectivity index (χ1n) is 7.64. The molecule has 5 heteroatoms. The number of aromatic nitrogens is 2. The lowest BCUT2D eigenvalue weighted by atomic mass is 10.1. The fourth-order valence-corrected chi connectivity index (χ4v) is 2.30. The maximum atomic E-state index is 5.75. The van der Waals surface area contributed by atoms with Crippen LogP contribution in [0.1, 0.15) is 11.3 Å². The molecule has 2 rings (SSSR count). The van der Waals surface area contributed by atoms with Crippen LogP contribution in [0, 0.1) is 0 Å². The second-order valence-corrected chi connectivity index (χ2v) is 5.54. The molecule has 0 amide bonds. The second kappa shape index (κ2) is 8.46. The molecule has 22 heavy (non-hydrogen) atoms. The van der Waals surface area contributed by atoms with Gasteiger partial charge in [-0.3, -0.25) is 4.90 Å². The Morgan fingerprint density at radius 3 is 2.50 bits per heavy atom.